The number of rotatable bonds is 3. The average molecular weight is 280 g/mol. The monoisotopic (exact) mass is 280 g/mol. The van der Waals surface area contributed by atoms with Crippen molar-refractivity contribution in [1.29, 1.82) is 0 Å². The maximum absolute atomic E-state index is 6.00. The zero-order chi connectivity index (χ0) is 14.7. The first-order valence-corrected chi connectivity index (χ1v) is 7.86. The maximum Gasteiger partial charge on any atom is 0.0239 e. The van der Waals surface area contributed by atoms with Crippen LogP contribution in [0.15, 0.2) is 48.5 Å². The van der Waals surface area contributed by atoms with Gasteiger partial charge < -0.3 is 5.73 Å². The molecule has 0 atom stereocenters. The van der Waals surface area contributed by atoms with Crippen molar-refractivity contribution >= 4 is 0 Å². The molecule has 1 fully saturated rings. The van der Waals surface area contributed by atoms with Crippen molar-refractivity contribution in [3.8, 4) is 11.1 Å². The molecule has 110 valence electrons. The Labute approximate surface area is 127 Å². The summed E-state index contributed by atoms with van der Waals surface area (Å²) in [6, 6.07) is 17.8. The van der Waals surface area contributed by atoms with Crippen LogP contribution in [0.25, 0.3) is 11.1 Å². The molecule has 2 aromatic carbocycles. The minimum atomic E-state index is 0.396. The number of likely N-dealkylation sites (tertiary alicyclic amines) is 1. The lowest BCUT2D eigenvalue weighted by molar-refractivity contribution is 0.206. The van der Waals surface area contributed by atoms with Crippen molar-refractivity contribution in [2.45, 2.75) is 32.4 Å². The smallest absolute Gasteiger partial charge is 0.0239 e. The first-order valence-electron chi connectivity index (χ1n) is 7.86. The van der Waals surface area contributed by atoms with Crippen molar-refractivity contribution in [1.82, 2.24) is 4.90 Å². The number of benzene rings is 2. The summed E-state index contributed by atoms with van der Waals surface area (Å²) < 4.78 is 0. The normalized spacial score (nSPS) is 17.0. The van der Waals surface area contributed by atoms with Crippen molar-refractivity contribution < 1.29 is 0 Å². The number of piperidine rings is 1. The van der Waals surface area contributed by atoms with Gasteiger partial charge in [-0.2, -0.15) is 0 Å². The number of hydrogen-bond donors (Lipinski definition) is 1. The van der Waals surface area contributed by atoms with E-state index in [-0.39, 0.29) is 0 Å². The Morgan fingerprint density at radius 1 is 0.952 bits per heavy atom. The van der Waals surface area contributed by atoms with E-state index in [4.69, 9.17) is 5.73 Å². The van der Waals surface area contributed by atoms with Gasteiger partial charge in [0.15, 0.2) is 0 Å². The number of aryl methyl sites for hydroxylation is 1. The second kappa shape index (κ2) is 6.42. The first-order chi connectivity index (χ1) is 10.2. The summed E-state index contributed by atoms with van der Waals surface area (Å²) in [5.41, 5.74) is 11.5. The molecule has 3 rings (SSSR count). The van der Waals surface area contributed by atoms with Gasteiger partial charge in [-0.15, -0.1) is 0 Å². The van der Waals surface area contributed by atoms with E-state index in [1.165, 1.54) is 22.3 Å². The second-order valence-corrected chi connectivity index (χ2v) is 6.09. The lowest BCUT2D eigenvalue weighted by Crippen LogP contribution is -2.39. The molecule has 1 heterocycles. The van der Waals surface area contributed by atoms with E-state index in [9.17, 15) is 0 Å². The molecule has 2 aromatic rings. The molecule has 2 N–H and O–H groups in total. The summed E-state index contributed by atoms with van der Waals surface area (Å²) in [5, 5.41) is 0. The van der Waals surface area contributed by atoms with E-state index in [0.29, 0.717) is 6.04 Å². The molecule has 0 radical (unpaired) electrons. The largest absolute Gasteiger partial charge is 0.328 e. The minimum absolute atomic E-state index is 0.396. The third-order valence-electron chi connectivity index (χ3n) is 4.48. The zero-order valence-electron chi connectivity index (χ0n) is 12.8. The third kappa shape index (κ3) is 3.34. The summed E-state index contributed by atoms with van der Waals surface area (Å²) in [6.07, 6.45) is 2.24. The molecule has 0 aliphatic carbocycles. The Morgan fingerprint density at radius 2 is 1.57 bits per heavy atom. The summed E-state index contributed by atoms with van der Waals surface area (Å²) in [7, 11) is 0. The van der Waals surface area contributed by atoms with Crippen LogP contribution in [0.3, 0.4) is 0 Å². The summed E-state index contributed by atoms with van der Waals surface area (Å²) in [6.45, 7) is 5.44. The van der Waals surface area contributed by atoms with Gasteiger partial charge in [0.1, 0.15) is 0 Å². The van der Waals surface area contributed by atoms with E-state index < -0.39 is 0 Å². The number of nitrogens with zero attached hydrogens (tertiary/aromatic N) is 1. The molecule has 0 bridgehead atoms. The lowest BCUT2D eigenvalue weighted by atomic mass is 9.95. The molecule has 0 aromatic heterocycles. The highest BCUT2D eigenvalue weighted by Gasteiger charge is 2.17. The molecule has 0 spiro atoms. The molecule has 2 heteroatoms. The van der Waals surface area contributed by atoms with Crippen molar-refractivity contribution in [3.63, 3.8) is 0 Å². The van der Waals surface area contributed by atoms with Gasteiger partial charge in [0.05, 0.1) is 0 Å². The molecule has 2 nitrogen and oxygen atoms in total. The first kappa shape index (κ1) is 14.3. The van der Waals surface area contributed by atoms with Gasteiger partial charge >= 0.3 is 0 Å². The van der Waals surface area contributed by atoms with Crippen LogP contribution < -0.4 is 5.73 Å². The lowest BCUT2D eigenvalue weighted by Gasteiger charge is -2.30. The highest BCUT2D eigenvalue weighted by atomic mass is 15.1. The van der Waals surface area contributed by atoms with Crippen LogP contribution in [0.2, 0.25) is 0 Å². The van der Waals surface area contributed by atoms with Gasteiger partial charge in [-0.05, 0) is 55.1 Å². The SMILES string of the molecule is Cc1ccccc1-c1ccccc1CN1CCC(N)CC1. The van der Waals surface area contributed by atoms with Gasteiger partial charge in [-0.25, -0.2) is 0 Å². The van der Waals surface area contributed by atoms with Crippen LogP contribution in [0, 0.1) is 6.92 Å². The fraction of sp³-hybridized carbons (Fsp3) is 0.368. The Bertz CT molecular complexity index is 598. The van der Waals surface area contributed by atoms with E-state index in [1.54, 1.807) is 0 Å². The Kier molecular flexibility index (Phi) is 4.37. The molecular weight excluding hydrogens is 256 g/mol. The summed E-state index contributed by atoms with van der Waals surface area (Å²) in [5.74, 6) is 0. The fourth-order valence-electron chi connectivity index (χ4n) is 3.15. The van der Waals surface area contributed by atoms with E-state index in [2.05, 4.69) is 60.4 Å². The van der Waals surface area contributed by atoms with Crippen LogP contribution in [0.1, 0.15) is 24.0 Å². The van der Waals surface area contributed by atoms with Gasteiger partial charge in [0.25, 0.3) is 0 Å². The molecule has 1 aliphatic heterocycles. The van der Waals surface area contributed by atoms with Crippen LogP contribution >= 0.6 is 0 Å². The molecular formula is C19H24N2. The molecule has 1 saturated heterocycles. The quantitative estimate of drug-likeness (QED) is 0.931. The van der Waals surface area contributed by atoms with Gasteiger partial charge in [-0.3, -0.25) is 4.90 Å². The van der Waals surface area contributed by atoms with Gasteiger partial charge in [0.2, 0.25) is 0 Å². The maximum atomic E-state index is 6.00. The predicted octanol–water partition coefficient (Wildman–Crippen LogP) is 3.59. The van der Waals surface area contributed by atoms with Crippen LogP contribution in [0.5, 0.6) is 0 Å². The number of nitrogens with two attached hydrogens (primary N) is 1. The summed E-state index contributed by atoms with van der Waals surface area (Å²) in [4.78, 5) is 2.53. The minimum Gasteiger partial charge on any atom is -0.328 e. The Balaban J connectivity index is 1.85. The highest BCUT2D eigenvalue weighted by Crippen LogP contribution is 2.28. The van der Waals surface area contributed by atoms with E-state index >= 15 is 0 Å². The van der Waals surface area contributed by atoms with Crippen LogP contribution in [-0.2, 0) is 6.54 Å². The Morgan fingerprint density at radius 3 is 2.29 bits per heavy atom. The molecule has 1 aliphatic rings. The number of hydrogen-bond acceptors (Lipinski definition) is 2. The topological polar surface area (TPSA) is 29.3 Å². The second-order valence-electron chi connectivity index (χ2n) is 6.09. The summed E-state index contributed by atoms with van der Waals surface area (Å²) >= 11 is 0. The van der Waals surface area contributed by atoms with Crippen molar-refractivity contribution in [3.05, 3.63) is 59.7 Å². The van der Waals surface area contributed by atoms with E-state index in [0.717, 1.165) is 32.5 Å². The van der Waals surface area contributed by atoms with Crippen molar-refractivity contribution in [2.24, 2.45) is 5.73 Å². The zero-order valence-corrected chi connectivity index (χ0v) is 12.8. The Hall–Kier alpha value is -1.64. The molecule has 0 saturated carbocycles. The van der Waals surface area contributed by atoms with Gasteiger partial charge in [0, 0.05) is 12.6 Å². The predicted molar refractivity (Wildman–Crippen MR) is 89.1 cm³/mol. The van der Waals surface area contributed by atoms with E-state index in [1.807, 2.05) is 0 Å². The fourth-order valence-corrected chi connectivity index (χ4v) is 3.15. The van der Waals surface area contributed by atoms with Crippen molar-refractivity contribution in [2.75, 3.05) is 13.1 Å². The highest BCUT2D eigenvalue weighted by molar-refractivity contribution is 5.70. The van der Waals surface area contributed by atoms with Crippen LogP contribution in [0.4, 0.5) is 0 Å². The average Bonchev–Trinajstić information content (AvgIpc) is 2.51. The standard InChI is InChI=1S/C19H24N2/c1-15-6-2-4-8-18(15)19-9-5-3-7-16(19)14-21-12-10-17(20)11-13-21/h2-9,17H,10-14,20H2,1H3. The van der Waals surface area contributed by atoms with Crippen LogP contribution in [-0.4, -0.2) is 24.0 Å². The van der Waals surface area contributed by atoms with Gasteiger partial charge in [-0.1, -0.05) is 48.5 Å². The third-order valence-corrected chi connectivity index (χ3v) is 4.48. The molecule has 0 amide bonds. The molecule has 0 unspecified atom stereocenters. The molecule has 21 heavy (non-hydrogen) atoms.